The summed E-state index contributed by atoms with van der Waals surface area (Å²) in [6, 6.07) is 16.4. The monoisotopic (exact) mass is 581 g/mol. The zero-order valence-electron chi connectivity index (χ0n) is 23.1. The van der Waals surface area contributed by atoms with Crippen LogP contribution in [0.15, 0.2) is 48.5 Å². The molecule has 2 amide bonds. The number of aryl methyl sites for hydroxylation is 1. The number of para-hydroxylation sites is 2. The van der Waals surface area contributed by atoms with Crippen molar-refractivity contribution in [1.29, 1.82) is 0 Å². The highest BCUT2D eigenvalue weighted by Crippen LogP contribution is 2.46. The highest BCUT2D eigenvalue weighted by Gasteiger charge is 2.42. The van der Waals surface area contributed by atoms with Gasteiger partial charge in [0.2, 0.25) is 11.8 Å². The Hall–Kier alpha value is -4.29. The Bertz CT molecular complexity index is 1350. The number of hydrogen-bond donors (Lipinski definition) is 5. The smallest absolute Gasteiger partial charge is 0.336 e. The summed E-state index contributed by atoms with van der Waals surface area (Å²) in [5.41, 5.74) is 2.22. The number of piperidine rings is 1. The number of nitrogens with one attached hydrogen (secondary N) is 1. The Labute approximate surface area is 242 Å². The molecule has 0 aromatic heterocycles. The van der Waals surface area contributed by atoms with Gasteiger partial charge in [-0.05, 0) is 67.4 Å². The van der Waals surface area contributed by atoms with Gasteiger partial charge in [0, 0.05) is 13.0 Å². The van der Waals surface area contributed by atoms with Crippen LogP contribution in [0.2, 0.25) is 0 Å². The Morgan fingerprint density at radius 2 is 1.50 bits per heavy atom. The number of amides is 2. The maximum absolute atomic E-state index is 12.9. The van der Waals surface area contributed by atoms with E-state index in [1.165, 1.54) is 31.2 Å². The summed E-state index contributed by atoms with van der Waals surface area (Å²) in [5.74, 6) is -5.12. The first kappa shape index (κ1) is 30.7. The van der Waals surface area contributed by atoms with E-state index in [1.807, 2.05) is 24.3 Å². The lowest BCUT2D eigenvalue weighted by Gasteiger charge is -2.40. The van der Waals surface area contributed by atoms with Gasteiger partial charge in [0.05, 0.1) is 24.2 Å². The first-order valence-electron chi connectivity index (χ1n) is 13.8. The zero-order valence-corrected chi connectivity index (χ0v) is 23.1. The topological polar surface area (TPSA) is 185 Å². The van der Waals surface area contributed by atoms with Crippen molar-refractivity contribution in [3.8, 4) is 0 Å². The molecule has 5 rings (SSSR count). The summed E-state index contributed by atoms with van der Waals surface area (Å²) in [4.78, 5) is 59.4. The van der Waals surface area contributed by atoms with E-state index in [4.69, 9.17) is 20.4 Å². The molecule has 0 atom stereocenters. The second kappa shape index (κ2) is 12.7. The van der Waals surface area contributed by atoms with Crippen LogP contribution in [0.5, 0.6) is 0 Å². The highest BCUT2D eigenvalue weighted by atomic mass is 16.4. The number of hydrogen-bond acceptors (Lipinski definition) is 7. The number of fused-ring (bicyclic) bond motifs is 3. The molecular formula is C30H35N3O9. The van der Waals surface area contributed by atoms with E-state index < -0.39 is 36.4 Å². The predicted molar refractivity (Wildman–Crippen MR) is 151 cm³/mol. The van der Waals surface area contributed by atoms with Gasteiger partial charge in [-0.25, -0.2) is 4.79 Å². The molecule has 1 spiro atoms. The Morgan fingerprint density at radius 3 is 2.14 bits per heavy atom. The van der Waals surface area contributed by atoms with Crippen LogP contribution >= 0.6 is 0 Å². The summed E-state index contributed by atoms with van der Waals surface area (Å²) in [7, 11) is 0. The van der Waals surface area contributed by atoms with E-state index in [1.54, 1.807) is 10.5 Å². The largest absolute Gasteiger partial charge is 0.481 e. The molecule has 0 radical (unpaired) electrons. The lowest BCUT2D eigenvalue weighted by Crippen LogP contribution is -2.45. The molecule has 12 heteroatoms. The van der Waals surface area contributed by atoms with E-state index in [-0.39, 0.29) is 18.4 Å². The Morgan fingerprint density at radius 1 is 0.881 bits per heavy atom. The second-order valence-electron chi connectivity index (χ2n) is 11.1. The quantitative estimate of drug-likeness (QED) is 0.309. The summed E-state index contributed by atoms with van der Waals surface area (Å²) in [5, 5.41) is 36.7. The van der Waals surface area contributed by atoms with Gasteiger partial charge in [-0.3, -0.25) is 19.2 Å². The fraction of sp³-hybridized carbons (Fsp3) is 0.433. The lowest BCUT2D eigenvalue weighted by molar-refractivity contribution is -0.170. The number of rotatable bonds is 8. The third kappa shape index (κ3) is 6.94. The first-order chi connectivity index (χ1) is 19.9. The molecule has 0 bridgehead atoms. The van der Waals surface area contributed by atoms with Crippen molar-refractivity contribution >= 4 is 41.1 Å². The van der Waals surface area contributed by atoms with Crippen molar-refractivity contribution in [3.05, 3.63) is 59.7 Å². The van der Waals surface area contributed by atoms with Crippen LogP contribution in [0, 0.1) is 0 Å². The number of aliphatic hydroxyl groups is 1. The van der Waals surface area contributed by atoms with Crippen LogP contribution < -0.4 is 10.2 Å². The molecule has 12 nitrogen and oxygen atoms in total. The number of likely N-dealkylation sites (tertiary alicyclic amines) is 1. The number of benzene rings is 2. The summed E-state index contributed by atoms with van der Waals surface area (Å²) >= 11 is 0. The summed E-state index contributed by atoms with van der Waals surface area (Å²) < 4.78 is 0. The zero-order chi connectivity index (χ0) is 30.5. The van der Waals surface area contributed by atoms with Crippen molar-refractivity contribution in [2.24, 2.45) is 0 Å². The molecule has 1 aliphatic carbocycles. The number of anilines is 2. The molecule has 2 aromatic rings. The summed E-state index contributed by atoms with van der Waals surface area (Å²) in [6.07, 6.45) is 2.97. The molecule has 42 heavy (non-hydrogen) atoms. The van der Waals surface area contributed by atoms with Gasteiger partial charge >= 0.3 is 17.9 Å². The van der Waals surface area contributed by atoms with Crippen molar-refractivity contribution < 1.29 is 44.4 Å². The molecule has 3 aliphatic rings. The summed E-state index contributed by atoms with van der Waals surface area (Å²) in [6.45, 7) is 2.95. The van der Waals surface area contributed by atoms with Gasteiger partial charge < -0.3 is 35.5 Å². The molecule has 0 unspecified atom stereocenters. The van der Waals surface area contributed by atoms with Gasteiger partial charge in [-0.1, -0.05) is 36.4 Å². The normalized spacial score (nSPS) is 17.4. The van der Waals surface area contributed by atoms with E-state index in [9.17, 15) is 24.0 Å². The maximum atomic E-state index is 12.9. The van der Waals surface area contributed by atoms with Crippen LogP contribution in [0.4, 0.5) is 11.4 Å². The van der Waals surface area contributed by atoms with E-state index in [0.717, 1.165) is 31.0 Å². The average molecular weight is 582 g/mol. The lowest BCUT2D eigenvalue weighted by atomic mass is 9.74. The van der Waals surface area contributed by atoms with E-state index in [2.05, 4.69) is 34.5 Å². The minimum atomic E-state index is -2.74. The second-order valence-corrected chi connectivity index (χ2v) is 11.1. The van der Waals surface area contributed by atoms with Gasteiger partial charge in [0.15, 0.2) is 5.60 Å². The maximum Gasteiger partial charge on any atom is 0.336 e. The molecule has 0 saturated carbocycles. The molecule has 2 aromatic carbocycles. The van der Waals surface area contributed by atoms with Crippen LogP contribution in [0.1, 0.15) is 49.7 Å². The molecule has 1 saturated heterocycles. The van der Waals surface area contributed by atoms with E-state index in [0.29, 0.717) is 11.8 Å². The van der Waals surface area contributed by atoms with Gasteiger partial charge in [0.1, 0.15) is 6.54 Å². The number of carbonyl (C=O) groups excluding carboxylic acids is 2. The number of nitrogens with zero attached hydrogens (tertiary/aromatic N) is 2. The Balaban J connectivity index is 0.000000266. The van der Waals surface area contributed by atoms with Gasteiger partial charge in [-0.2, -0.15) is 0 Å². The number of carbonyl (C=O) groups is 5. The van der Waals surface area contributed by atoms with Crippen LogP contribution in [0.25, 0.3) is 0 Å². The van der Waals surface area contributed by atoms with Gasteiger partial charge in [-0.15, -0.1) is 0 Å². The fourth-order valence-electron chi connectivity index (χ4n) is 6.05. The minimum absolute atomic E-state index is 0.0267. The van der Waals surface area contributed by atoms with Crippen LogP contribution in [-0.4, -0.2) is 86.8 Å². The van der Waals surface area contributed by atoms with Crippen molar-refractivity contribution in [3.63, 3.8) is 0 Å². The standard InChI is InChI=1S/C24H27N3O2.C6H8O7/c28-22-17-27(21-8-4-3-7-20(21)25-22)23(29)10-14-26-15-12-24(13-16-26)11-9-18-5-1-2-6-19(18)24;7-3(8)1-6(13,5(11)12)2-4(9)10/h1-8H,9-17H2,(H,25,28);13H,1-2H2,(H,7,8)(H,9,10)(H,11,12). The number of carboxylic acids is 3. The fourth-order valence-corrected chi connectivity index (χ4v) is 6.05. The third-order valence-corrected chi connectivity index (χ3v) is 8.27. The molecular weight excluding hydrogens is 546 g/mol. The molecule has 224 valence electrons. The minimum Gasteiger partial charge on any atom is -0.481 e. The number of aliphatic carboxylic acids is 3. The van der Waals surface area contributed by atoms with Crippen molar-refractivity contribution in [1.82, 2.24) is 4.90 Å². The first-order valence-corrected chi connectivity index (χ1v) is 13.8. The van der Waals surface area contributed by atoms with Crippen molar-refractivity contribution in [2.75, 3.05) is 36.4 Å². The van der Waals surface area contributed by atoms with Gasteiger partial charge in [0.25, 0.3) is 0 Å². The molecule has 1 fully saturated rings. The third-order valence-electron chi connectivity index (χ3n) is 8.27. The van der Waals surface area contributed by atoms with Crippen LogP contribution in [-0.2, 0) is 35.8 Å². The SMILES string of the molecule is O=C(O)CC(O)(CC(=O)O)C(=O)O.O=C1CN(C(=O)CCN2CCC3(CCc4ccccc43)CC2)c2ccccc2N1. The highest BCUT2D eigenvalue weighted by molar-refractivity contribution is 6.09. The number of carboxylic acid groups (broad SMARTS) is 3. The Kier molecular flexibility index (Phi) is 9.27. The molecule has 2 heterocycles. The van der Waals surface area contributed by atoms with Crippen molar-refractivity contribution in [2.45, 2.75) is 56.0 Å². The molecule has 2 aliphatic heterocycles. The van der Waals surface area contributed by atoms with Crippen LogP contribution in [0.3, 0.4) is 0 Å². The van der Waals surface area contributed by atoms with E-state index >= 15 is 0 Å². The average Bonchev–Trinajstić information content (AvgIpc) is 3.29. The predicted octanol–water partition coefficient (Wildman–Crippen LogP) is 2.09. The molecule has 5 N–H and O–H groups in total.